The summed E-state index contributed by atoms with van der Waals surface area (Å²) in [6, 6.07) is 19.2. The van der Waals surface area contributed by atoms with Crippen molar-refractivity contribution in [3.05, 3.63) is 60.8 Å². The van der Waals surface area contributed by atoms with Gasteiger partial charge in [0.2, 0.25) is 0 Å². The van der Waals surface area contributed by atoms with Gasteiger partial charge in [-0.15, -0.1) is 0 Å². The van der Waals surface area contributed by atoms with Crippen molar-refractivity contribution in [1.29, 1.82) is 0 Å². The fourth-order valence-corrected chi connectivity index (χ4v) is 3.96. The van der Waals surface area contributed by atoms with Crippen LogP contribution in [0.3, 0.4) is 0 Å². The molecule has 0 unspecified atom stereocenters. The van der Waals surface area contributed by atoms with Gasteiger partial charge in [0.05, 0.1) is 13.2 Å². The molecular weight excluding hydrogens is 324 g/mol. The number of benzene rings is 2. The highest BCUT2D eigenvalue weighted by Gasteiger charge is 2.23. The quantitative estimate of drug-likeness (QED) is 0.536. The van der Waals surface area contributed by atoms with Crippen LogP contribution in [0.5, 0.6) is 0 Å². The number of hydrogen-bond acceptors (Lipinski definition) is 1. The van der Waals surface area contributed by atoms with Gasteiger partial charge in [-0.2, -0.15) is 4.40 Å². The van der Waals surface area contributed by atoms with Crippen LogP contribution >= 0.6 is 0 Å². The molecule has 0 amide bonds. The van der Waals surface area contributed by atoms with E-state index in [2.05, 4.69) is 74.7 Å². The van der Waals surface area contributed by atoms with Gasteiger partial charge in [-0.25, -0.2) is 9.55 Å². The van der Waals surface area contributed by atoms with Crippen molar-refractivity contribution in [1.82, 2.24) is 9.55 Å². The minimum Gasteiger partial charge on any atom is -0.370 e. The number of nitrogens with zero attached hydrogens (tertiary/aromatic N) is 2. The first kappa shape index (κ1) is 15.6. The molecule has 26 heavy (non-hydrogen) atoms. The van der Waals surface area contributed by atoms with Crippen LogP contribution in [0.2, 0.25) is 0 Å². The third-order valence-electron chi connectivity index (χ3n) is 5.39. The Hall–Kier alpha value is -2.63. The van der Waals surface area contributed by atoms with Crippen LogP contribution in [-0.2, 0) is 11.3 Å². The molecular formula is C21H24N4O+2. The van der Waals surface area contributed by atoms with Crippen molar-refractivity contribution < 1.29 is 14.0 Å². The van der Waals surface area contributed by atoms with Crippen LogP contribution in [0.25, 0.3) is 28.1 Å². The number of nitrogens with one attached hydrogen (secondary N) is 2. The molecule has 0 radical (unpaired) electrons. The predicted molar refractivity (Wildman–Crippen MR) is 101 cm³/mol. The Labute approximate surface area is 152 Å². The van der Waals surface area contributed by atoms with Gasteiger partial charge in [-0.3, -0.25) is 0 Å². The molecule has 2 N–H and O–H groups in total. The van der Waals surface area contributed by atoms with Crippen molar-refractivity contribution in [2.75, 3.05) is 32.8 Å². The fourth-order valence-electron chi connectivity index (χ4n) is 3.96. The van der Waals surface area contributed by atoms with Crippen LogP contribution in [0, 0.1) is 0 Å². The third kappa shape index (κ3) is 2.69. The van der Waals surface area contributed by atoms with Gasteiger partial charge in [0.25, 0.3) is 0 Å². The molecule has 5 rings (SSSR count). The first-order valence-corrected chi connectivity index (χ1v) is 9.38. The Bertz CT molecular complexity index is 1030. The van der Waals surface area contributed by atoms with Gasteiger partial charge in [-0.1, -0.05) is 42.5 Å². The highest BCUT2D eigenvalue weighted by atomic mass is 16.5. The van der Waals surface area contributed by atoms with Crippen molar-refractivity contribution in [3.63, 3.8) is 0 Å². The van der Waals surface area contributed by atoms with E-state index in [9.17, 15) is 0 Å². The summed E-state index contributed by atoms with van der Waals surface area (Å²) < 4.78 is 10.2. The lowest BCUT2D eigenvalue weighted by atomic mass is 10.2. The summed E-state index contributed by atoms with van der Waals surface area (Å²) in [5.74, 6) is 1.15. The van der Waals surface area contributed by atoms with Gasteiger partial charge in [-0.05, 0) is 12.1 Å². The number of H-pyrrole nitrogens is 1. The molecule has 3 heterocycles. The molecule has 1 aliphatic heterocycles. The number of hydrogen-bond donors (Lipinski definition) is 2. The number of para-hydroxylation sites is 2. The van der Waals surface area contributed by atoms with Crippen LogP contribution < -0.4 is 9.30 Å². The fraction of sp³-hybridized carbons (Fsp3) is 0.286. The second-order valence-corrected chi connectivity index (χ2v) is 6.98. The van der Waals surface area contributed by atoms with Crippen molar-refractivity contribution in [2.24, 2.45) is 0 Å². The van der Waals surface area contributed by atoms with Gasteiger partial charge < -0.3 is 9.64 Å². The lowest BCUT2D eigenvalue weighted by Gasteiger charge is -2.23. The number of aromatic amines is 1. The smallest absolute Gasteiger partial charge is 0.368 e. The average molecular weight is 348 g/mol. The Morgan fingerprint density at radius 2 is 1.77 bits per heavy atom. The number of quaternary nitrogens is 1. The second-order valence-electron chi connectivity index (χ2n) is 6.98. The Balaban J connectivity index is 1.59. The topological polar surface area (TPSA) is 38.5 Å². The zero-order valence-electron chi connectivity index (χ0n) is 14.8. The third-order valence-corrected chi connectivity index (χ3v) is 5.39. The van der Waals surface area contributed by atoms with E-state index in [-0.39, 0.29) is 0 Å². The summed E-state index contributed by atoms with van der Waals surface area (Å²) in [6.45, 7) is 6.06. The molecule has 0 spiro atoms. The molecule has 1 saturated heterocycles. The van der Waals surface area contributed by atoms with Gasteiger partial charge >= 0.3 is 5.78 Å². The highest BCUT2D eigenvalue weighted by Crippen LogP contribution is 2.22. The summed E-state index contributed by atoms with van der Waals surface area (Å²) in [5, 5.41) is 0. The standard InChI is InChI=1S/C21H22N4O/c1-2-6-17(7-3-1)20-16-25-19-9-5-4-8-18(19)22-21(25)24(20)11-10-23-12-14-26-15-13-23/h1-9,16H,10-15H2/p+2. The monoisotopic (exact) mass is 348 g/mol. The maximum atomic E-state index is 5.50. The molecule has 2 aromatic carbocycles. The van der Waals surface area contributed by atoms with E-state index in [1.165, 1.54) is 22.3 Å². The van der Waals surface area contributed by atoms with Crippen molar-refractivity contribution in [2.45, 2.75) is 6.54 Å². The Morgan fingerprint density at radius 1 is 1.00 bits per heavy atom. The Morgan fingerprint density at radius 3 is 2.62 bits per heavy atom. The van der Waals surface area contributed by atoms with E-state index in [0.29, 0.717) is 0 Å². The molecule has 5 heteroatoms. The van der Waals surface area contributed by atoms with E-state index in [4.69, 9.17) is 4.74 Å². The number of ether oxygens (including phenoxy) is 1. The molecule has 2 aromatic heterocycles. The average Bonchev–Trinajstić information content (AvgIpc) is 3.24. The van der Waals surface area contributed by atoms with Crippen molar-refractivity contribution >= 4 is 16.8 Å². The lowest BCUT2D eigenvalue weighted by molar-refractivity contribution is -0.908. The van der Waals surface area contributed by atoms with E-state index < -0.39 is 0 Å². The number of rotatable bonds is 4. The summed E-state index contributed by atoms with van der Waals surface area (Å²) in [4.78, 5) is 5.24. The first-order chi connectivity index (χ1) is 12.9. The number of aromatic nitrogens is 3. The maximum Gasteiger partial charge on any atom is 0.368 e. The minimum absolute atomic E-state index is 0.878. The Kier molecular flexibility index (Phi) is 3.96. The minimum atomic E-state index is 0.878. The number of morpholine rings is 1. The van der Waals surface area contributed by atoms with Gasteiger partial charge in [0.15, 0.2) is 0 Å². The molecule has 0 atom stereocenters. The lowest BCUT2D eigenvalue weighted by Crippen LogP contribution is -3.14. The maximum absolute atomic E-state index is 5.50. The first-order valence-electron chi connectivity index (χ1n) is 9.38. The van der Waals surface area contributed by atoms with E-state index in [1.54, 1.807) is 4.90 Å². The van der Waals surface area contributed by atoms with Crippen LogP contribution in [-0.4, -0.2) is 42.4 Å². The van der Waals surface area contributed by atoms with Crippen LogP contribution in [0.4, 0.5) is 0 Å². The number of fused-ring (bicyclic) bond motifs is 3. The van der Waals surface area contributed by atoms with Crippen molar-refractivity contribution in [3.8, 4) is 11.3 Å². The molecule has 4 aromatic rings. The van der Waals surface area contributed by atoms with Gasteiger partial charge in [0.1, 0.15) is 49.1 Å². The molecule has 132 valence electrons. The normalized spacial score (nSPS) is 15.8. The summed E-state index contributed by atoms with van der Waals surface area (Å²) >= 11 is 0. The molecule has 0 saturated carbocycles. The highest BCUT2D eigenvalue weighted by molar-refractivity contribution is 5.74. The molecule has 0 bridgehead atoms. The second kappa shape index (κ2) is 6.59. The van der Waals surface area contributed by atoms with E-state index in [1.807, 2.05) is 0 Å². The molecule has 0 aliphatic carbocycles. The van der Waals surface area contributed by atoms with E-state index in [0.717, 1.165) is 45.2 Å². The number of imidazole rings is 2. The summed E-state index contributed by atoms with van der Waals surface area (Å²) in [6.07, 6.45) is 2.26. The summed E-state index contributed by atoms with van der Waals surface area (Å²) in [5.41, 5.74) is 4.91. The zero-order chi connectivity index (χ0) is 17.3. The zero-order valence-corrected chi connectivity index (χ0v) is 14.8. The largest absolute Gasteiger partial charge is 0.370 e. The van der Waals surface area contributed by atoms with E-state index >= 15 is 0 Å². The van der Waals surface area contributed by atoms with Crippen LogP contribution in [0.15, 0.2) is 60.8 Å². The predicted octanol–water partition coefficient (Wildman–Crippen LogP) is 1.29. The summed E-state index contributed by atoms with van der Waals surface area (Å²) in [7, 11) is 0. The van der Waals surface area contributed by atoms with Crippen LogP contribution in [0.1, 0.15) is 0 Å². The van der Waals surface area contributed by atoms with Gasteiger partial charge in [0, 0.05) is 5.56 Å². The molecule has 1 aliphatic rings. The SMILES string of the molecule is c1ccc(-c2c[n+]3c4ccccc4[nH]c3n2CC[NH+]2CCOCC2)cc1. The molecule has 5 nitrogen and oxygen atoms in total. The molecule has 1 fully saturated rings.